The molecule has 0 nitrogen and oxygen atoms in total. The van der Waals surface area contributed by atoms with E-state index in [4.69, 9.17) is 0 Å². The summed E-state index contributed by atoms with van der Waals surface area (Å²) in [6, 6.07) is 24.1. The molecule has 0 saturated carbocycles. The molecular weight excluding hydrogens is 296 g/mol. The highest BCUT2D eigenvalue weighted by atomic mass is 32.2. The molecule has 0 spiro atoms. The Morgan fingerprint density at radius 1 is 0.783 bits per heavy atom. The first-order valence-corrected chi connectivity index (χ1v) is 9.24. The number of benzene rings is 3. The Labute approximate surface area is 143 Å². The van der Waals surface area contributed by atoms with Crippen LogP contribution >= 0.6 is 11.8 Å². The summed E-state index contributed by atoms with van der Waals surface area (Å²) in [7, 11) is 0. The fraction of sp³-hybridized carbons (Fsp3) is 0.273. The maximum atomic E-state index is 2.34. The van der Waals surface area contributed by atoms with Crippen LogP contribution in [0.15, 0.2) is 71.6 Å². The van der Waals surface area contributed by atoms with Gasteiger partial charge >= 0.3 is 0 Å². The third-order valence-electron chi connectivity index (χ3n) is 4.44. The summed E-state index contributed by atoms with van der Waals surface area (Å²) < 4.78 is 0. The van der Waals surface area contributed by atoms with Crippen LogP contribution in [-0.2, 0) is 6.42 Å². The summed E-state index contributed by atoms with van der Waals surface area (Å²) in [6.07, 6.45) is 0.999. The second kappa shape index (κ2) is 7.23. The fourth-order valence-electron chi connectivity index (χ4n) is 2.70. The molecule has 3 rings (SSSR count). The first kappa shape index (κ1) is 16.1. The zero-order chi connectivity index (χ0) is 16.2. The summed E-state index contributed by atoms with van der Waals surface area (Å²) in [4.78, 5) is 1.45. The molecule has 0 unspecified atom stereocenters. The fourth-order valence-corrected chi connectivity index (χ4v) is 3.95. The lowest BCUT2D eigenvalue weighted by atomic mass is 10.0. The molecular formula is C22H24S. The van der Waals surface area contributed by atoms with Gasteiger partial charge in [-0.05, 0) is 34.2 Å². The largest absolute Gasteiger partial charge is 0.122 e. The zero-order valence-electron chi connectivity index (χ0n) is 14.1. The number of thioether (sulfide) groups is 1. The standard InChI is InChI=1S/C22H24S/c1-16(2)17(3)23-22-20(15-18-9-5-4-6-10-18)14-13-19-11-7-8-12-21(19)22/h4-14,16-17H,15H2,1-3H3/t17-/m1/s1. The highest BCUT2D eigenvalue weighted by Crippen LogP contribution is 2.37. The first-order chi connectivity index (χ1) is 11.1. The summed E-state index contributed by atoms with van der Waals surface area (Å²) in [5.41, 5.74) is 2.81. The quantitative estimate of drug-likeness (QED) is 0.479. The molecule has 3 aromatic rings. The molecule has 118 valence electrons. The number of hydrogen-bond donors (Lipinski definition) is 0. The van der Waals surface area contributed by atoms with E-state index >= 15 is 0 Å². The van der Waals surface area contributed by atoms with Crippen molar-refractivity contribution < 1.29 is 0 Å². The predicted molar refractivity (Wildman–Crippen MR) is 103 cm³/mol. The van der Waals surface area contributed by atoms with Crippen molar-refractivity contribution in [3.63, 3.8) is 0 Å². The van der Waals surface area contributed by atoms with Gasteiger partial charge in [-0.2, -0.15) is 0 Å². The predicted octanol–water partition coefficient (Wildman–Crippen LogP) is 6.57. The Morgan fingerprint density at radius 3 is 2.22 bits per heavy atom. The number of hydrogen-bond acceptors (Lipinski definition) is 1. The lowest BCUT2D eigenvalue weighted by molar-refractivity contribution is 0.642. The highest BCUT2D eigenvalue weighted by molar-refractivity contribution is 8.00. The van der Waals surface area contributed by atoms with Crippen molar-refractivity contribution in [2.45, 2.75) is 37.3 Å². The van der Waals surface area contributed by atoms with Crippen molar-refractivity contribution in [3.05, 3.63) is 77.9 Å². The van der Waals surface area contributed by atoms with E-state index in [2.05, 4.69) is 87.5 Å². The van der Waals surface area contributed by atoms with Crippen molar-refractivity contribution in [2.24, 2.45) is 5.92 Å². The second-order valence-electron chi connectivity index (χ2n) is 6.50. The van der Waals surface area contributed by atoms with Gasteiger partial charge in [0.15, 0.2) is 0 Å². The minimum atomic E-state index is 0.607. The molecule has 1 atom stereocenters. The molecule has 0 aliphatic carbocycles. The number of rotatable bonds is 5. The second-order valence-corrected chi connectivity index (χ2v) is 7.89. The van der Waals surface area contributed by atoms with Crippen molar-refractivity contribution in [1.82, 2.24) is 0 Å². The van der Waals surface area contributed by atoms with Crippen molar-refractivity contribution >= 4 is 22.5 Å². The van der Waals surface area contributed by atoms with E-state index in [0.29, 0.717) is 11.2 Å². The summed E-state index contributed by atoms with van der Waals surface area (Å²) in [6.45, 7) is 6.95. The maximum Gasteiger partial charge on any atom is 0.0189 e. The Bertz CT molecular complexity index is 774. The topological polar surface area (TPSA) is 0 Å². The molecule has 0 bridgehead atoms. The third kappa shape index (κ3) is 3.79. The van der Waals surface area contributed by atoms with Gasteiger partial charge in [-0.15, -0.1) is 11.8 Å². The number of fused-ring (bicyclic) bond motifs is 1. The molecule has 0 aliphatic heterocycles. The summed E-state index contributed by atoms with van der Waals surface area (Å²) >= 11 is 2.03. The lowest BCUT2D eigenvalue weighted by Gasteiger charge is -2.19. The molecule has 23 heavy (non-hydrogen) atoms. The Kier molecular flexibility index (Phi) is 5.07. The molecule has 0 aliphatic rings. The zero-order valence-corrected chi connectivity index (χ0v) is 14.9. The molecule has 0 amide bonds. The van der Waals surface area contributed by atoms with Gasteiger partial charge in [-0.1, -0.05) is 87.5 Å². The van der Waals surface area contributed by atoms with Crippen molar-refractivity contribution in [1.29, 1.82) is 0 Å². The molecule has 0 saturated heterocycles. The smallest absolute Gasteiger partial charge is 0.0189 e. The van der Waals surface area contributed by atoms with Crippen LogP contribution in [0.25, 0.3) is 10.8 Å². The van der Waals surface area contributed by atoms with Gasteiger partial charge in [0.25, 0.3) is 0 Å². The molecule has 0 aromatic heterocycles. The normalized spacial score (nSPS) is 12.7. The van der Waals surface area contributed by atoms with Crippen LogP contribution in [0, 0.1) is 5.92 Å². The van der Waals surface area contributed by atoms with Crippen LogP contribution in [-0.4, -0.2) is 5.25 Å². The molecule has 1 heteroatoms. The SMILES string of the molecule is CC(C)[C@@H](C)Sc1c(Cc2ccccc2)ccc2ccccc12. The van der Waals surface area contributed by atoms with Gasteiger partial charge in [0.2, 0.25) is 0 Å². The average Bonchev–Trinajstić information content (AvgIpc) is 2.57. The van der Waals surface area contributed by atoms with Gasteiger partial charge in [-0.3, -0.25) is 0 Å². The van der Waals surface area contributed by atoms with E-state index in [-0.39, 0.29) is 0 Å². The third-order valence-corrected chi connectivity index (χ3v) is 6.08. The van der Waals surface area contributed by atoms with E-state index < -0.39 is 0 Å². The van der Waals surface area contributed by atoms with Gasteiger partial charge in [0, 0.05) is 10.1 Å². The van der Waals surface area contributed by atoms with E-state index in [9.17, 15) is 0 Å². The Balaban J connectivity index is 2.05. The first-order valence-electron chi connectivity index (χ1n) is 8.36. The van der Waals surface area contributed by atoms with Gasteiger partial charge in [-0.25, -0.2) is 0 Å². The monoisotopic (exact) mass is 320 g/mol. The lowest BCUT2D eigenvalue weighted by Crippen LogP contribution is -2.06. The van der Waals surface area contributed by atoms with E-state index in [0.717, 1.165) is 6.42 Å². The van der Waals surface area contributed by atoms with Crippen molar-refractivity contribution in [3.8, 4) is 0 Å². The molecule has 3 aromatic carbocycles. The minimum absolute atomic E-state index is 0.607. The van der Waals surface area contributed by atoms with E-state index in [1.54, 1.807) is 0 Å². The van der Waals surface area contributed by atoms with E-state index in [1.165, 1.54) is 26.8 Å². The van der Waals surface area contributed by atoms with Crippen LogP contribution in [0.5, 0.6) is 0 Å². The maximum absolute atomic E-state index is 2.34. The summed E-state index contributed by atoms with van der Waals surface area (Å²) in [5.74, 6) is 0.670. The molecule has 0 fully saturated rings. The summed E-state index contributed by atoms with van der Waals surface area (Å²) in [5, 5.41) is 3.33. The van der Waals surface area contributed by atoms with E-state index in [1.807, 2.05) is 11.8 Å². The minimum Gasteiger partial charge on any atom is -0.122 e. The van der Waals surface area contributed by atoms with Crippen LogP contribution in [0.2, 0.25) is 0 Å². The van der Waals surface area contributed by atoms with Crippen LogP contribution in [0.1, 0.15) is 31.9 Å². The molecule has 0 N–H and O–H groups in total. The molecule has 0 radical (unpaired) electrons. The van der Waals surface area contributed by atoms with Crippen LogP contribution in [0.4, 0.5) is 0 Å². The van der Waals surface area contributed by atoms with Crippen LogP contribution < -0.4 is 0 Å². The van der Waals surface area contributed by atoms with Gasteiger partial charge in [0.1, 0.15) is 0 Å². The average molecular weight is 321 g/mol. The molecule has 0 heterocycles. The van der Waals surface area contributed by atoms with Gasteiger partial charge < -0.3 is 0 Å². The Hall–Kier alpha value is -1.73. The van der Waals surface area contributed by atoms with Crippen molar-refractivity contribution in [2.75, 3.05) is 0 Å². The van der Waals surface area contributed by atoms with Crippen LogP contribution in [0.3, 0.4) is 0 Å². The van der Waals surface area contributed by atoms with Gasteiger partial charge in [0.05, 0.1) is 0 Å². The highest BCUT2D eigenvalue weighted by Gasteiger charge is 2.15. The Morgan fingerprint density at radius 2 is 1.48 bits per heavy atom.